The Kier molecular flexibility index (Phi) is 8.32. The molecule has 0 aliphatic carbocycles. The molecule has 3 rings (SSSR count). The highest BCUT2D eigenvalue weighted by Crippen LogP contribution is 2.24. The lowest BCUT2D eigenvalue weighted by molar-refractivity contribution is 0.0938. The van der Waals surface area contributed by atoms with Crippen LogP contribution in [0, 0.1) is 13.8 Å². The van der Waals surface area contributed by atoms with Crippen LogP contribution in [0.3, 0.4) is 0 Å². The van der Waals surface area contributed by atoms with E-state index in [1.165, 1.54) is 16.7 Å². The Hall–Kier alpha value is -3.27. The number of rotatable bonds is 10. The molecule has 0 saturated carbocycles. The Morgan fingerprint density at radius 2 is 1.72 bits per heavy atom. The number of aryl methyl sites for hydroxylation is 3. The van der Waals surface area contributed by atoms with E-state index in [2.05, 4.69) is 37.4 Å². The van der Waals surface area contributed by atoms with Crippen molar-refractivity contribution in [3.8, 4) is 11.5 Å². The zero-order valence-electron chi connectivity index (χ0n) is 19.5. The van der Waals surface area contributed by atoms with Crippen molar-refractivity contribution in [2.75, 3.05) is 6.61 Å². The van der Waals surface area contributed by atoms with Gasteiger partial charge in [0.25, 0.3) is 5.91 Å². The SMILES string of the molecule is CCOc1ccc(C(=O)N[C@@H](C)CCc2ccccc2)cc1COc1ccc(C)c(C)c1. The number of hydrogen-bond donors (Lipinski definition) is 1. The fourth-order valence-corrected chi connectivity index (χ4v) is 3.50. The van der Waals surface area contributed by atoms with Gasteiger partial charge in [-0.15, -0.1) is 0 Å². The van der Waals surface area contributed by atoms with Gasteiger partial charge in [-0.05, 0) is 87.6 Å². The minimum absolute atomic E-state index is 0.0736. The van der Waals surface area contributed by atoms with E-state index in [0.29, 0.717) is 18.8 Å². The van der Waals surface area contributed by atoms with E-state index in [-0.39, 0.29) is 11.9 Å². The molecule has 0 heterocycles. The number of amides is 1. The number of carbonyl (C=O) groups excluding carboxylic acids is 1. The van der Waals surface area contributed by atoms with Gasteiger partial charge in [-0.25, -0.2) is 0 Å². The van der Waals surface area contributed by atoms with Crippen molar-refractivity contribution in [3.63, 3.8) is 0 Å². The van der Waals surface area contributed by atoms with Crippen LogP contribution in [0.1, 0.15) is 52.9 Å². The van der Waals surface area contributed by atoms with Crippen LogP contribution in [0.15, 0.2) is 66.7 Å². The van der Waals surface area contributed by atoms with E-state index in [1.54, 1.807) is 0 Å². The van der Waals surface area contributed by atoms with Crippen molar-refractivity contribution in [3.05, 3.63) is 94.5 Å². The van der Waals surface area contributed by atoms with Crippen LogP contribution in [0.5, 0.6) is 11.5 Å². The van der Waals surface area contributed by atoms with E-state index < -0.39 is 0 Å². The van der Waals surface area contributed by atoms with Crippen LogP contribution in [0.2, 0.25) is 0 Å². The average molecular weight is 432 g/mol. The summed E-state index contributed by atoms with van der Waals surface area (Å²) in [7, 11) is 0. The smallest absolute Gasteiger partial charge is 0.251 e. The third-order valence-electron chi connectivity index (χ3n) is 5.58. The quantitative estimate of drug-likeness (QED) is 0.426. The molecule has 32 heavy (non-hydrogen) atoms. The predicted octanol–water partition coefficient (Wildman–Crippen LogP) is 6.03. The molecule has 3 aromatic carbocycles. The minimum atomic E-state index is -0.0824. The second kappa shape index (κ2) is 11.4. The maximum atomic E-state index is 12.9. The van der Waals surface area contributed by atoms with Gasteiger partial charge in [-0.1, -0.05) is 36.4 Å². The Labute approximate surface area is 191 Å². The zero-order valence-corrected chi connectivity index (χ0v) is 19.5. The number of nitrogens with one attached hydrogen (secondary N) is 1. The molecule has 4 nitrogen and oxygen atoms in total. The topological polar surface area (TPSA) is 47.6 Å². The van der Waals surface area contributed by atoms with E-state index >= 15 is 0 Å². The molecule has 0 radical (unpaired) electrons. The molecule has 1 atom stereocenters. The van der Waals surface area contributed by atoms with Crippen LogP contribution >= 0.6 is 0 Å². The molecule has 0 saturated heterocycles. The summed E-state index contributed by atoms with van der Waals surface area (Å²) in [5.41, 5.74) is 5.16. The summed E-state index contributed by atoms with van der Waals surface area (Å²) < 4.78 is 11.8. The summed E-state index contributed by atoms with van der Waals surface area (Å²) in [6.45, 7) is 9.02. The maximum absolute atomic E-state index is 12.9. The van der Waals surface area contributed by atoms with Crippen molar-refractivity contribution in [2.45, 2.75) is 53.2 Å². The molecule has 3 aromatic rings. The molecule has 0 aliphatic rings. The first-order valence-corrected chi connectivity index (χ1v) is 11.3. The third kappa shape index (κ3) is 6.61. The molecule has 0 bridgehead atoms. The first kappa shape index (κ1) is 23.4. The molecular weight excluding hydrogens is 398 g/mol. The van der Waals surface area contributed by atoms with E-state index in [1.807, 2.05) is 62.4 Å². The van der Waals surface area contributed by atoms with E-state index in [0.717, 1.165) is 29.9 Å². The van der Waals surface area contributed by atoms with Crippen LogP contribution in [0.4, 0.5) is 0 Å². The first-order chi connectivity index (χ1) is 15.5. The van der Waals surface area contributed by atoms with Gasteiger partial charge in [0.15, 0.2) is 0 Å². The predicted molar refractivity (Wildman–Crippen MR) is 130 cm³/mol. The second-order valence-corrected chi connectivity index (χ2v) is 8.19. The van der Waals surface area contributed by atoms with Gasteiger partial charge >= 0.3 is 0 Å². The summed E-state index contributed by atoms with van der Waals surface area (Å²) >= 11 is 0. The molecule has 0 aliphatic heterocycles. The van der Waals surface area contributed by atoms with Crippen molar-refractivity contribution in [1.82, 2.24) is 5.32 Å². The summed E-state index contributed by atoms with van der Waals surface area (Å²) in [6.07, 6.45) is 1.82. The zero-order chi connectivity index (χ0) is 22.9. The lowest BCUT2D eigenvalue weighted by Gasteiger charge is -2.16. The fraction of sp³-hybridized carbons (Fsp3) is 0.321. The standard InChI is InChI=1S/C28H33NO3/c1-5-31-27-16-14-24(18-25(27)19-32-26-15-11-20(2)21(3)17-26)28(30)29-22(4)12-13-23-9-7-6-8-10-23/h6-11,14-18,22H,5,12-13,19H2,1-4H3,(H,29,30)/t22-/m0/s1. The Bertz CT molecular complexity index is 1030. The van der Waals surface area contributed by atoms with Crippen LogP contribution in [-0.4, -0.2) is 18.6 Å². The Morgan fingerprint density at radius 1 is 0.938 bits per heavy atom. The monoisotopic (exact) mass is 431 g/mol. The number of benzene rings is 3. The Morgan fingerprint density at radius 3 is 2.44 bits per heavy atom. The molecule has 0 aromatic heterocycles. The molecular formula is C28H33NO3. The lowest BCUT2D eigenvalue weighted by Crippen LogP contribution is -2.33. The van der Waals surface area contributed by atoms with E-state index in [4.69, 9.17) is 9.47 Å². The Balaban J connectivity index is 1.65. The van der Waals surface area contributed by atoms with Crippen LogP contribution < -0.4 is 14.8 Å². The molecule has 4 heteroatoms. The van der Waals surface area contributed by atoms with Gasteiger partial charge in [0, 0.05) is 17.2 Å². The highest BCUT2D eigenvalue weighted by molar-refractivity contribution is 5.94. The van der Waals surface area contributed by atoms with E-state index in [9.17, 15) is 4.79 Å². The van der Waals surface area contributed by atoms with Crippen molar-refractivity contribution >= 4 is 5.91 Å². The number of hydrogen-bond acceptors (Lipinski definition) is 3. The van der Waals surface area contributed by atoms with Gasteiger partial charge in [0.1, 0.15) is 18.1 Å². The highest BCUT2D eigenvalue weighted by Gasteiger charge is 2.14. The van der Waals surface area contributed by atoms with Gasteiger partial charge in [0.05, 0.1) is 6.61 Å². The lowest BCUT2D eigenvalue weighted by atomic mass is 10.1. The summed E-state index contributed by atoms with van der Waals surface area (Å²) in [4.78, 5) is 12.9. The molecule has 1 amide bonds. The van der Waals surface area contributed by atoms with Crippen molar-refractivity contribution < 1.29 is 14.3 Å². The summed E-state index contributed by atoms with van der Waals surface area (Å²) in [6, 6.07) is 22.0. The number of carbonyl (C=O) groups is 1. The fourth-order valence-electron chi connectivity index (χ4n) is 3.50. The van der Waals surface area contributed by atoms with Gasteiger partial charge in [-0.2, -0.15) is 0 Å². The van der Waals surface area contributed by atoms with Gasteiger partial charge in [-0.3, -0.25) is 4.79 Å². The largest absolute Gasteiger partial charge is 0.493 e. The van der Waals surface area contributed by atoms with Crippen LogP contribution in [-0.2, 0) is 13.0 Å². The van der Waals surface area contributed by atoms with Crippen LogP contribution in [0.25, 0.3) is 0 Å². The van der Waals surface area contributed by atoms with Crippen molar-refractivity contribution in [1.29, 1.82) is 0 Å². The third-order valence-corrected chi connectivity index (χ3v) is 5.58. The van der Waals surface area contributed by atoms with Crippen molar-refractivity contribution in [2.24, 2.45) is 0 Å². The normalized spacial score (nSPS) is 11.6. The molecule has 1 N–H and O–H groups in total. The first-order valence-electron chi connectivity index (χ1n) is 11.3. The minimum Gasteiger partial charge on any atom is -0.493 e. The maximum Gasteiger partial charge on any atom is 0.251 e. The summed E-state index contributed by atoms with van der Waals surface area (Å²) in [5.74, 6) is 1.46. The van der Waals surface area contributed by atoms with Gasteiger partial charge in [0.2, 0.25) is 0 Å². The average Bonchev–Trinajstić information content (AvgIpc) is 2.80. The second-order valence-electron chi connectivity index (χ2n) is 8.19. The molecule has 0 spiro atoms. The highest BCUT2D eigenvalue weighted by atomic mass is 16.5. The molecule has 0 fully saturated rings. The molecule has 168 valence electrons. The molecule has 0 unspecified atom stereocenters. The van der Waals surface area contributed by atoms with Gasteiger partial charge < -0.3 is 14.8 Å². The number of ether oxygens (including phenoxy) is 2. The summed E-state index contributed by atoms with van der Waals surface area (Å²) in [5, 5.41) is 3.11.